The number of methoxy groups -OCH3 is 2. The molecular formula is C22H31N3O3. The number of hydrogen-bond acceptors (Lipinski definition) is 4. The Labute approximate surface area is 167 Å². The summed E-state index contributed by atoms with van der Waals surface area (Å²) in [7, 11) is 3.37. The molecule has 0 saturated carbocycles. The van der Waals surface area contributed by atoms with Crippen LogP contribution < -0.4 is 4.74 Å². The third-order valence-corrected chi connectivity index (χ3v) is 5.58. The van der Waals surface area contributed by atoms with Crippen molar-refractivity contribution in [2.75, 3.05) is 33.9 Å². The summed E-state index contributed by atoms with van der Waals surface area (Å²) < 4.78 is 12.7. The zero-order valence-electron chi connectivity index (χ0n) is 17.2. The van der Waals surface area contributed by atoms with Gasteiger partial charge < -0.3 is 18.9 Å². The lowest BCUT2D eigenvalue weighted by atomic mass is 9.93. The van der Waals surface area contributed by atoms with Crippen molar-refractivity contribution in [1.82, 2.24) is 14.5 Å². The number of aryl methyl sites for hydroxylation is 1. The lowest BCUT2D eigenvalue weighted by Gasteiger charge is -2.32. The van der Waals surface area contributed by atoms with Gasteiger partial charge >= 0.3 is 0 Å². The summed E-state index contributed by atoms with van der Waals surface area (Å²) in [6.07, 6.45) is 5.40. The van der Waals surface area contributed by atoms with Gasteiger partial charge in [-0.05, 0) is 43.4 Å². The Hall–Kier alpha value is -2.34. The average Bonchev–Trinajstić information content (AvgIpc) is 3.06. The molecule has 1 aromatic carbocycles. The van der Waals surface area contributed by atoms with Crippen molar-refractivity contribution < 1.29 is 14.3 Å². The molecule has 1 saturated heterocycles. The van der Waals surface area contributed by atoms with Gasteiger partial charge in [0.2, 0.25) is 5.91 Å². The van der Waals surface area contributed by atoms with E-state index in [1.807, 2.05) is 35.4 Å². The smallest absolute Gasteiger partial charge is 0.226 e. The number of carbonyl (C=O) groups is 1. The lowest BCUT2D eigenvalue weighted by Crippen LogP contribution is -2.39. The molecule has 3 rings (SSSR count). The number of nitrogens with zero attached hydrogens (tertiary/aromatic N) is 3. The average molecular weight is 386 g/mol. The number of aromatic nitrogens is 2. The van der Waals surface area contributed by atoms with Crippen LogP contribution in [-0.2, 0) is 28.9 Å². The molecule has 152 valence electrons. The van der Waals surface area contributed by atoms with Crippen LogP contribution in [-0.4, -0.2) is 54.3 Å². The Bertz CT molecular complexity index is 779. The van der Waals surface area contributed by atoms with Gasteiger partial charge in [-0.15, -0.1) is 0 Å². The normalized spacial score (nSPS) is 15.0. The van der Waals surface area contributed by atoms with E-state index >= 15 is 0 Å². The van der Waals surface area contributed by atoms with E-state index in [2.05, 4.69) is 16.5 Å². The summed E-state index contributed by atoms with van der Waals surface area (Å²) in [5.41, 5.74) is 2.18. The number of piperidine rings is 1. The molecule has 1 aliphatic rings. The second-order valence-electron chi connectivity index (χ2n) is 7.52. The van der Waals surface area contributed by atoms with Crippen LogP contribution in [0.15, 0.2) is 30.5 Å². The van der Waals surface area contributed by atoms with Crippen molar-refractivity contribution in [3.8, 4) is 5.75 Å². The topological polar surface area (TPSA) is 56.6 Å². The van der Waals surface area contributed by atoms with Crippen LogP contribution >= 0.6 is 0 Å². The zero-order valence-corrected chi connectivity index (χ0v) is 17.2. The van der Waals surface area contributed by atoms with Gasteiger partial charge in [0.1, 0.15) is 11.6 Å². The van der Waals surface area contributed by atoms with Crippen LogP contribution in [0.1, 0.15) is 29.9 Å². The summed E-state index contributed by atoms with van der Waals surface area (Å²) in [5, 5.41) is 0. The quantitative estimate of drug-likeness (QED) is 0.701. The van der Waals surface area contributed by atoms with Gasteiger partial charge in [0.25, 0.3) is 0 Å². The Morgan fingerprint density at radius 3 is 2.75 bits per heavy atom. The SMILES string of the molecule is COCCn1c(C)cnc1CC1CCN(C(=O)Cc2cccc(OC)c2)CC1. The highest BCUT2D eigenvalue weighted by Gasteiger charge is 2.24. The first-order valence-electron chi connectivity index (χ1n) is 10.0. The van der Waals surface area contributed by atoms with Crippen LogP contribution in [0.5, 0.6) is 5.75 Å². The fourth-order valence-corrected chi connectivity index (χ4v) is 3.88. The second kappa shape index (κ2) is 9.73. The molecule has 6 heteroatoms. The number of amides is 1. The van der Waals surface area contributed by atoms with Crippen molar-refractivity contribution >= 4 is 5.91 Å². The van der Waals surface area contributed by atoms with Crippen molar-refractivity contribution in [1.29, 1.82) is 0 Å². The zero-order chi connectivity index (χ0) is 19.9. The van der Waals surface area contributed by atoms with E-state index in [1.165, 1.54) is 5.69 Å². The molecule has 0 spiro atoms. The van der Waals surface area contributed by atoms with Crippen molar-refractivity contribution in [2.45, 2.75) is 39.2 Å². The Morgan fingerprint density at radius 1 is 1.25 bits per heavy atom. The van der Waals surface area contributed by atoms with Crippen LogP contribution in [0.25, 0.3) is 0 Å². The minimum atomic E-state index is 0.198. The van der Waals surface area contributed by atoms with Crippen molar-refractivity contribution in [2.24, 2.45) is 5.92 Å². The third-order valence-electron chi connectivity index (χ3n) is 5.58. The Morgan fingerprint density at radius 2 is 2.04 bits per heavy atom. The highest BCUT2D eigenvalue weighted by Crippen LogP contribution is 2.23. The van der Waals surface area contributed by atoms with Gasteiger partial charge in [-0.25, -0.2) is 4.98 Å². The summed E-state index contributed by atoms with van der Waals surface area (Å²) in [6.45, 7) is 5.28. The summed E-state index contributed by atoms with van der Waals surface area (Å²) in [4.78, 5) is 19.3. The molecule has 2 heterocycles. The predicted octanol–water partition coefficient (Wildman–Crippen LogP) is 2.87. The molecule has 2 aromatic rings. The maximum atomic E-state index is 12.7. The van der Waals surface area contributed by atoms with Crippen LogP contribution in [0.3, 0.4) is 0 Å². The number of benzene rings is 1. The van der Waals surface area contributed by atoms with Gasteiger partial charge in [-0.1, -0.05) is 12.1 Å². The molecule has 0 radical (unpaired) electrons. The largest absolute Gasteiger partial charge is 0.497 e. The Balaban J connectivity index is 1.51. The van der Waals surface area contributed by atoms with Crippen LogP contribution in [0, 0.1) is 12.8 Å². The third kappa shape index (κ3) is 5.13. The van der Waals surface area contributed by atoms with Gasteiger partial charge in [-0.3, -0.25) is 4.79 Å². The lowest BCUT2D eigenvalue weighted by molar-refractivity contribution is -0.131. The van der Waals surface area contributed by atoms with E-state index < -0.39 is 0 Å². The monoisotopic (exact) mass is 385 g/mol. The molecule has 0 bridgehead atoms. The molecule has 1 amide bonds. The number of carbonyl (C=O) groups excluding carboxylic acids is 1. The minimum Gasteiger partial charge on any atom is -0.497 e. The molecule has 28 heavy (non-hydrogen) atoms. The molecule has 1 fully saturated rings. The summed E-state index contributed by atoms with van der Waals surface area (Å²) in [6, 6.07) is 7.75. The molecule has 0 atom stereocenters. The number of hydrogen-bond donors (Lipinski definition) is 0. The number of rotatable bonds is 8. The maximum absolute atomic E-state index is 12.7. The van der Waals surface area contributed by atoms with E-state index in [4.69, 9.17) is 9.47 Å². The molecular weight excluding hydrogens is 354 g/mol. The minimum absolute atomic E-state index is 0.198. The molecule has 1 aliphatic heterocycles. The maximum Gasteiger partial charge on any atom is 0.226 e. The number of imidazole rings is 1. The standard InChI is InChI=1S/C22H31N3O3/c1-17-16-23-21(25(17)11-12-27-2)14-18-7-9-24(10-8-18)22(26)15-19-5-4-6-20(13-19)28-3/h4-6,13,16,18H,7-12,14-15H2,1-3H3. The molecule has 0 aliphatic carbocycles. The number of likely N-dealkylation sites (tertiary alicyclic amines) is 1. The van der Waals surface area contributed by atoms with Gasteiger partial charge in [0.05, 0.1) is 20.1 Å². The first-order chi connectivity index (χ1) is 13.6. The highest BCUT2D eigenvalue weighted by atomic mass is 16.5. The number of ether oxygens (including phenoxy) is 2. The Kier molecular flexibility index (Phi) is 7.09. The van der Waals surface area contributed by atoms with E-state index in [-0.39, 0.29) is 5.91 Å². The van der Waals surface area contributed by atoms with Gasteiger partial charge in [0, 0.05) is 45.1 Å². The van der Waals surface area contributed by atoms with Gasteiger partial charge in [0.15, 0.2) is 0 Å². The van der Waals surface area contributed by atoms with E-state index in [0.717, 1.165) is 56.0 Å². The van der Waals surface area contributed by atoms with E-state index in [9.17, 15) is 4.79 Å². The first kappa shape index (κ1) is 20.4. The summed E-state index contributed by atoms with van der Waals surface area (Å²) in [5.74, 6) is 2.70. The molecule has 6 nitrogen and oxygen atoms in total. The van der Waals surface area contributed by atoms with Gasteiger partial charge in [-0.2, -0.15) is 0 Å². The van der Waals surface area contributed by atoms with Crippen molar-refractivity contribution in [3.05, 3.63) is 47.5 Å². The van der Waals surface area contributed by atoms with Crippen LogP contribution in [0.4, 0.5) is 0 Å². The van der Waals surface area contributed by atoms with Crippen molar-refractivity contribution in [3.63, 3.8) is 0 Å². The fraction of sp³-hybridized carbons (Fsp3) is 0.545. The summed E-state index contributed by atoms with van der Waals surface area (Å²) >= 11 is 0. The van der Waals surface area contributed by atoms with E-state index in [1.54, 1.807) is 14.2 Å². The first-order valence-corrected chi connectivity index (χ1v) is 10.0. The molecule has 0 unspecified atom stereocenters. The molecule has 1 aromatic heterocycles. The fourth-order valence-electron chi connectivity index (χ4n) is 3.88. The highest BCUT2D eigenvalue weighted by molar-refractivity contribution is 5.79. The second-order valence-corrected chi connectivity index (χ2v) is 7.52. The van der Waals surface area contributed by atoms with Crippen LogP contribution in [0.2, 0.25) is 0 Å². The van der Waals surface area contributed by atoms with E-state index in [0.29, 0.717) is 18.9 Å². The predicted molar refractivity (Wildman–Crippen MR) is 109 cm³/mol. The molecule has 0 N–H and O–H groups in total.